The Labute approximate surface area is 163 Å². The van der Waals surface area contributed by atoms with Crippen LogP contribution in [-0.2, 0) is 28.9 Å². The van der Waals surface area contributed by atoms with Crippen molar-refractivity contribution in [3.8, 4) is 0 Å². The van der Waals surface area contributed by atoms with E-state index >= 15 is 0 Å². The summed E-state index contributed by atoms with van der Waals surface area (Å²) in [5.74, 6) is -0.599. The van der Waals surface area contributed by atoms with Crippen molar-refractivity contribution >= 4 is 5.91 Å². The van der Waals surface area contributed by atoms with Crippen LogP contribution < -0.4 is 5.32 Å². The Morgan fingerprint density at radius 3 is 2.79 bits per heavy atom. The molecule has 1 amide bonds. The van der Waals surface area contributed by atoms with Crippen LogP contribution >= 0.6 is 0 Å². The number of halogens is 1. The number of benzene rings is 2. The summed E-state index contributed by atoms with van der Waals surface area (Å²) in [5.41, 5.74) is 3.58. The summed E-state index contributed by atoms with van der Waals surface area (Å²) in [5, 5.41) is 7.53. The van der Waals surface area contributed by atoms with Crippen molar-refractivity contribution in [2.24, 2.45) is 0 Å². The maximum Gasteiger partial charge on any atom is 0.224 e. The molecule has 2 heterocycles. The van der Waals surface area contributed by atoms with Gasteiger partial charge in [0, 0.05) is 12.7 Å². The largest absolute Gasteiger partial charge is 0.370 e. The quantitative estimate of drug-likeness (QED) is 0.716. The standard InChI is InChI=1S/C22H22FN3O2/c23-19-9-5-4-8-17(19)12-21(27)24-13-20-22-18(10-11-28-20)15-26(25-22)14-16-6-2-1-3-7-16/h1-9,15,20H,10-14H2,(H,24,27)/t20-/m0/s1. The molecule has 1 aromatic heterocycles. The molecule has 0 spiro atoms. The Hall–Kier alpha value is -2.99. The first-order chi connectivity index (χ1) is 13.7. The van der Waals surface area contributed by atoms with Crippen LogP contribution in [0.25, 0.3) is 0 Å². The third kappa shape index (κ3) is 4.28. The second kappa shape index (κ2) is 8.35. The minimum Gasteiger partial charge on any atom is -0.370 e. The molecule has 4 rings (SSSR count). The number of nitrogens with one attached hydrogen (secondary N) is 1. The van der Waals surface area contributed by atoms with E-state index in [0.29, 0.717) is 25.3 Å². The van der Waals surface area contributed by atoms with Gasteiger partial charge in [-0.05, 0) is 29.2 Å². The molecule has 0 bridgehead atoms. The lowest BCUT2D eigenvalue weighted by Gasteiger charge is -2.22. The topological polar surface area (TPSA) is 56.1 Å². The second-order valence-electron chi connectivity index (χ2n) is 6.90. The van der Waals surface area contributed by atoms with Crippen LogP contribution in [0.15, 0.2) is 60.8 Å². The number of nitrogens with zero attached hydrogens (tertiary/aromatic N) is 2. The van der Waals surface area contributed by atoms with Gasteiger partial charge in [0.05, 0.1) is 25.3 Å². The van der Waals surface area contributed by atoms with Crippen LogP contribution in [0.5, 0.6) is 0 Å². The van der Waals surface area contributed by atoms with Gasteiger partial charge in [-0.15, -0.1) is 0 Å². The third-order valence-electron chi connectivity index (χ3n) is 4.85. The third-order valence-corrected chi connectivity index (χ3v) is 4.85. The Balaban J connectivity index is 1.39. The van der Waals surface area contributed by atoms with Crippen LogP contribution in [0.3, 0.4) is 0 Å². The summed E-state index contributed by atoms with van der Waals surface area (Å²) in [7, 11) is 0. The molecule has 0 radical (unpaired) electrons. The van der Waals surface area contributed by atoms with E-state index in [-0.39, 0.29) is 24.2 Å². The summed E-state index contributed by atoms with van der Waals surface area (Å²) < 4.78 is 21.5. The number of rotatable bonds is 6. The molecule has 0 unspecified atom stereocenters. The fraction of sp³-hybridized carbons (Fsp3) is 0.273. The number of hydrogen-bond donors (Lipinski definition) is 1. The normalized spacial score (nSPS) is 15.8. The zero-order chi connectivity index (χ0) is 19.3. The van der Waals surface area contributed by atoms with Gasteiger partial charge in [-0.2, -0.15) is 5.10 Å². The maximum absolute atomic E-state index is 13.7. The predicted octanol–water partition coefficient (Wildman–Crippen LogP) is 3.04. The molecule has 1 aliphatic heterocycles. The monoisotopic (exact) mass is 379 g/mol. The highest BCUT2D eigenvalue weighted by Gasteiger charge is 2.25. The van der Waals surface area contributed by atoms with Crippen LogP contribution in [0.4, 0.5) is 4.39 Å². The van der Waals surface area contributed by atoms with Gasteiger partial charge in [-0.25, -0.2) is 4.39 Å². The second-order valence-corrected chi connectivity index (χ2v) is 6.90. The van der Waals surface area contributed by atoms with Gasteiger partial charge < -0.3 is 10.1 Å². The fourth-order valence-electron chi connectivity index (χ4n) is 3.42. The number of ether oxygens (including phenoxy) is 1. The van der Waals surface area contributed by atoms with E-state index in [4.69, 9.17) is 4.74 Å². The number of fused-ring (bicyclic) bond motifs is 1. The summed E-state index contributed by atoms with van der Waals surface area (Å²) in [6.45, 7) is 1.61. The van der Waals surface area contributed by atoms with Crippen molar-refractivity contribution in [1.82, 2.24) is 15.1 Å². The van der Waals surface area contributed by atoms with E-state index in [9.17, 15) is 9.18 Å². The van der Waals surface area contributed by atoms with Crippen LogP contribution in [0.2, 0.25) is 0 Å². The van der Waals surface area contributed by atoms with E-state index in [2.05, 4.69) is 28.7 Å². The van der Waals surface area contributed by atoms with Gasteiger partial charge in [0.1, 0.15) is 11.9 Å². The van der Waals surface area contributed by atoms with E-state index in [0.717, 1.165) is 17.7 Å². The zero-order valence-electron chi connectivity index (χ0n) is 15.5. The van der Waals surface area contributed by atoms with Gasteiger partial charge in [-0.3, -0.25) is 9.48 Å². The van der Waals surface area contributed by atoms with Crippen molar-refractivity contribution in [1.29, 1.82) is 0 Å². The average molecular weight is 379 g/mol. The van der Waals surface area contributed by atoms with Crippen molar-refractivity contribution in [2.45, 2.75) is 25.5 Å². The molecule has 1 N–H and O–H groups in total. The number of carbonyl (C=O) groups excluding carboxylic acids is 1. The first-order valence-corrected chi connectivity index (χ1v) is 9.41. The maximum atomic E-state index is 13.7. The average Bonchev–Trinajstić information content (AvgIpc) is 3.12. The number of aromatic nitrogens is 2. The van der Waals surface area contributed by atoms with Crippen molar-refractivity contribution in [2.75, 3.05) is 13.2 Å². The summed E-state index contributed by atoms with van der Waals surface area (Å²) in [6.07, 6.45) is 2.59. The van der Waals surface area contributed by atoms with E-state index in [1.54, 1.807) is 18.2 Å². The molecule has 6 heteroatoms. The van der Waals surface area contributed by atoms with Crippen molar-refractivity contribution in [3.05, 3.63) is 89.0 Å². The van der Waals surface area contributed by atoms with E-state index in [1.807, 2.05) is 22.9 Å². The Morgan fingerprint density at radius 1 is 1.18 bits per heavy atom. The lowest BCUT2D eigenvalue weighted by atomic mass is 10.1. The van der Waals surface area contributed by atoms with Gasteiger partial charge in [0.2, 0.25) is 5.91 Å². The minimum absolute atomic E-state index is 0.00863. The van der Waals surface area contributed by atoms with E-state index in [1.165, 1.54) is 11.6 Å². The summed E-state index contributed by atoms with van der Waals surface area (Å²) in [4.78, 5) is 12.2. The Bertz CT molecular complexity index is 955. The van der Waals surface area contributed by atoms with Crippen LogP contribution in [0, 0.1) is 5.82 Å². The molecule has 2 aromatic carbocycles. The van der Waals surface area contributed by atoms with Crippen LogP contribution in [-0.4, -0.2) is 28.8 Å². The molecule has 1 atom stereocenters. The van der Waals surface area contributed by atoms with Gasteiger partial charge in [0.25, 0.3) is 0 Å². The highest BCUT2D eigenvalue weighted by atomic mass is 19.1. The van der Waals surface area contributed by atoms with E-state index < -0.39 is 0 Å². The summed E-state index contributed by atoms with van der Waals surface area (Å²) >= 11 is 0. The fourth-order valence-corrected chi connectivity index (χ4v) is 3.42. The first kappa shape index (κ1) is 18.4. The Morgan fingerprint density at radius 2 is 1.96 bits per heavy atom. The molecule has 0 saturated carbocycles. The number of hydrogen-bond acceptors (Lipinski definition) is 3. The lowest BCUT2D eigenvalue weighted by molar-refractivity contribution is -0.121. The molecule has 0 aliphatic carbocycles. The summed E-state index contributed by atoms with van der Waals surface area (Å²) in [6, 6.07) is 16.5. The predicted molar refractivity (Wildman–Crippen MR) is 103 cm³/mol. The number of amides is 1. The first-order valence-electron chi connectivity index (χ1n) is 9.41. The van der Waals surface area contributed by atoms with Gasteiger partial charge in [-0.1, -0.05) is 48.5 Å². The molecule has 0 saturated heterocycles. The van der Waals surface area contributed by atoms with Gasteiger partial charge in [0.15, 0.2) is 0 Å². The lowest BCUT2D eigenvalue weighted by Crippen LogP contribution is -2.33. The minimum atomic E-state index is -0.367. The zero-order valence-corrected chi connectivity index (χ0v) is 15.5. The molecular weight excluding hydrogens is 357 g/mol. The molecule has 0 fully saturated rings. The molecule has 1 aliphatic rings. The highest BCUT2D eigenvalue weighted by Crippen LogP contribution is 2.25. The van der Waals surface area contributed by atoms with Crippen molar-refractivity contribution in [3.63, 3.8) is 0 Å². The molecule has 28 heavy (non-hydrogen) atoms. The molecule has 5 nitrogen and oxygen atoms in total. The van der Waals surface area contributed by atoms with Gasteiger partial charge >= 0.3 is 0 Å². The highest BCUT2D eigenvalue weighted by molar-refractivity contribution is 5.78. The smallest absolute Gasteiger partial charge is 0.224 e. The molecule has 3 aromatic rings. The van der Waals surface area contributed by atoms with Crippen molar-refractivity contribution < 1.29 is 13.9 Å². The molecule has 144 valence electrons. The SMILES string of the molecule is O=C(Cc1ccccc1F)NC[C@@H]1OCCc2cn(Cc3ccccc3)nc21. The number of carbonyl (C=O) groups is 1. The Kier molecular flexibility index (Phi) is 5.48. The van der Waals surface area contributed by atoms with Crippen LogP contribution in [0.1, 0.15) is 28.5 Å². The molecular formula is C22H22FN3O2.